The van der Waals surface area contributed by atoms with E-state index in [2.05, 4.69) is 24.5 Å². The molecule has 0 aliphatic rings. The molecular weight excluding hydrogens is 276 g/mol. The lowest BCUT2D eigenvalue weighted by molar-refractivity contribution is -0.153. The zero-order chi connectivity index (χ0) is 17.0. The summed E-state index contributed by atoms with van der Waals surface area (Å²) in [6.07, 6.45) is 0.966. The number of hydrogen-bond donors (Lipinski definition) is 1. The lowest BCUT2D eigenvalue weighted by atomic mass is 10.3. The number of carbonyl (C=O) groups excluding carboxylic acids is 3. The molecule has 1 unspecified atom stereocenters. The van der Waals surface area contributed by atoms with Crippen LogP contribution in [-0.4, -0.2) is 35.7 Å². The van der Waals surface area contributed by atoms with Crippen LogP contribution in [0.5, 0.6) is 0 Å². The molecule has 1 atom stereocenters. The second-order valence-electron chi connectivity index (χ2n) is 4.25. The highest BCUT2D eigenvalue weighted by Crippen LogP contribution is 1.95. The van der Waals surface area contributed by atoms with Crippen molar-refractivity contribution in [2.45, 2.75) is 33.3 Å². The third-order valence-corrected chi connectivity index (χ3v) is 1.83. The summed E-state index contributed by atoms with van der Waals surface area (Å²) in [5, 5.41) is 8.79. The van der Waals surface area contributed by atoms with Crippen molar-refractivity contribution in [1.82, 2.24) is 0 Å². The Morgan fingerprint density at radius 3 is 1.95 bits per heavy atom. The Balaban J connectivity index is 0. The van der Waals surface area contributed by atoms with Crippen LogP contribution in [0.1, 0.15) is 27.2 Å². The van der Waals surface area contributed by atoms with E-state index in [-0.39, 0.29) is 12.2 Å². The van der Waals surface area contributed by atoms with Gasteiger partial charge in [-0.3, -0.25) is 0 Å². The lowest BCUT2D eigenvalue weighted by Gasteiger charge is -2.05. The lowest BCUT2D eigenvalue weighted by Crippen LogP contribution is -2.10. The van der Waals surface area contributed by atoms with Crippen molar-refractivity contribution in [3.8, 4) is 0 Å². The standard InChI is InChI=1S/C8H14O3.C7H8O3/c1-6(2)8(10)11-5-4-7(3)9;1-4-6(8)10-7(9)5(2)3/h7,9H,1,4-5H2,2-3H3;4H,1-2H2,3H3. The van der Waals surface area contributed by atoms with Gasteiger partial charge in [0.2, 0.25) is 0 Å². The number of esters is 3. The fraction of sp³-hybridized carbons (Fsp3) is 0.400. The Morgan fingerprint density at radius 1 is 1.14 bits per heavy atom. The van der Waals surface area contributed by atoms with Crippen molar-refractivity contribution in [3.63, 3.8) is 0 Å². The maximum absolute atomic E-state index is 10.7. The Labute approximate surface area is 124 Å². The molecule has 0 aromatic heterocycles. The summed E-state index contributed by atoms with van der Waals surface area (Å²) >= 11 is 0. The summed E-state index contributed by atoms with van der Waals surface area (Å²) in [7, 11) is 0. The number of ether oxygens (including phenoxy) is 2. The highest BCUT2D eigenvalue weighted by atomic mass is 16.6. The zero-order valence-corrected chi connectivity index (χ0v) is 12.7. The van der Waals surface area contributed by atoms with E-state index in [1.54, 1.807) is 13.8 Å². The van der Waals surface area contributed by atoms with Crippen LogP contribution in [0.25, 0.3) is 0 Å². The van der Waals surface area contributed by atoms with Crippen LogP contribution in [0.15, 0.2) is 37.0 Å². The van der Waals surface area contributed by atoms with Gasteiger partial charge in [-0.15, -0.1) is 0 Å². The molecule has 0 radical (unpaired) electrons. The maximum Gasteiger partial charge on any atom is 0.340 e. The van der Waals surface area contributed by atoms with Gasteiger partial charge in [0.1, 0.15) is 0 Å². The molecule has 118 valence electrons. The molecule has 6 nitrogen and oxygen atoms in total. The van der Waals surface area contributed by atoms with Gasteiger partial charge in [-0.25, -0.2) is 14.4 Å². The smallest absolute Gasteiger partial charge is 0.340 e. The van der Waals surface area contributed by atoms with Crippen molar-refractivity contribution in [3.05, 3.63) is 37.0 Å². The average molecular weight is 298 g/mol. The summed E-state index contributed by atoms with van der Waals surface area (Å²) in [4.78, 5) is 31.6. The van der Waals surface area contributed by atoms with E-state index in [9.17, 15) is 14.4 Å². The molecule has 0 saturated heterocycles. The number of rotatable bonds is 6. The molecule has 0 heterocycles. The van der Waals surface area contributed by atoms with Gasteiger partial charge in [-0.2, -0.15) is 0 Å². The van der Waals surface area contributed by atoms with Gasteiger partial charge in [0.15, 0.2) is 0 Å². The van der Waals surface area contributed by atoms with Crippen LogP contribution in [0.2, 0.25) is 0 Å². The predicted molar refractivity (Wildman–Crippen MR) is 78.2 cm³/mol. The zero-order valence-electron chi connectivity index (χ0n) is 12.7. The molecule has 0 aromatic carbocycles. The Kier molecular flexibility index (Phi) is 11.7. The fourth-order valence-electron chi connectivity index (χ4n) is 0.666. The number of aliphatic hydroxyl groups excluding tert-OH is 1. The van der Waals surface area contributed by atoms with Crippen molar-refractivity contribution >= 4 is 17.9 Å². The van der Waals surface area contributed by atoms with Crippen LogP contribution in [-0.2, 0) is 23.9 Å². The Bertz CT molecular complexity index is 420. The molecule has 0 aliphatic carbocycles. The van der Waals surface area contributed by atoms with Crippen molar-refractivity contribution in [2.24, 2.45) is 0 Å². The molecule has 1 N–H and O–H groups in total. The minimum Gasteiger partial charge on any atom is -0.462 e. The Morgan fingerprint density at radius 2 is 1.62 bits per heavy atom. The normalized spacial score (nSPS) is 10.3. The molecule has 0 amide bonds. The first-order valence-electron chi connectivity index (χ1n) is 6.16. The largest absolute Gasteiger partial charge is 0.462 e. The first-order chi connectivity index (χ1) is 9.61. The first-order valence-corrected chi connectivity index (χ1v) is 6.16. The van der Waals surface area contributed by atoms with Gasteiger partial charge < -0.3 is 14.6 Å². The van der Waals surface area contributed by atoms with Gasteiger partial charge in [-0.05, 0) is 20.8 Å². The van der Waals surface area contributed by atoms with Gasteiger partial charge in [-0.1, -0.05) is 19.7 Å². The molecule has 21 heavy (non-hydrogen) atoms. The van der Waals surface area contributed by atoms with E-state index in [1.807, 2.05) is 0 Å². The van der Waals surface area contributed by atoms with Crippen molar-refractivity contribution < 1.29 is 29.0 Å². The van der Waals surface area contributed by atoms with E-state index in [1.165, 1.54) is 6.92 Å². The summed E-state index contributed by atoms with van der Waals surface area (Å²) in [6, 6.07) is 0. The third-order valence-electron chi connectivity index (χ3n) is 1.83. The topological polar surface area (TPSA) is 89.9 Å². The summed E-state index contributed by atoms with van der Waals surface area (Å²) in [6.45, 7) is 14.8. The van der Waals surface area contributed by atoms with E-state index in [0.29, 0.717) is 12.0 Å². The van der Waals surface area contributed by atoms with Crippen LogP contribution in [0.3, 0.4) is 0 Å². The van der Waals surface area contributed by atoms with Crippen molar-refractivity contribution in [1.29, 1.82) is 0 Å². The summed E-state index contributed by atoms with van der Waals surface area (Å²) in [5.41, 5.74) is 0.575. The van der Waals surface area contributed by atoms with Crippen LogP contribution < -0.4 is 0 Å². The Hall–Kier alpha value is -2.21. The number of hydrogen-bond acceptors (Lipinski definition) is 6. The minimum atomic E-state index is -0.756. The molecule has 0 aromatic rings. The predicted octanol–water partition coefficient (Wildman–Crippen LogP) is 1.69. The van der Waals surface area contributed by atoms with Crippen LogP contribution in [0.4, 0.5) is 0 Å². The molecule has 6 heteroatoms. The van der Waals surface area contributed by atoms with E-state index in [4.69, 9.17) is 9.84 Å². The van der Waals surface area contributed by atoms with Gasteiger partial charge in [0, 0.05) is 23.6 Å². The van der Waals surface area contributed by atoms with E-state index >= 15 is 0 Å². The van der Waals surface area contributed by atoms with Crippen molar-refractivity contribution in [2.75, 3.05) is 6.61 Å². The van der Waals surface area contributed by atoms with Crippen LogP contribution in [0, 0.1) is 0 Å². The number of aliphatic hydroxyl groups is 1. The highest BCUT2D eigenvalue weighted by molar-refractivity contribution is 5.98. The second-order valence-corrected chi connectivity index (χ2v) is 4.25. The maximum atomic E-state index is 10.7. The van der Waals surface area contributed by atoms with Gasteiger partial charge in [0.25, 0.3) is 0 Å². The molecule has 0 aliphatic heterocycles. The number of carbonyl (C=O) groups is 3. The minimum absolute atomic E-state index is 0.190. The molecule has 0 bridgehead atoms. The van der Waals surface area contributed by atoms with Gasteiger partial charge in [0.05, 0.1) is 12.7 Å². The molecule has 0 fully saturated rings. The average Bonchev–Trinajstić information content (AvgIpc) is 2.38. The quantitative estimate of drug-likeness (QED) is 0.456. The molecule has 0 spiro atoms. The van der Waals surface area contributed by atoms with E-state index < -0.39 is 24.0 Å². The molecule has 0 saturated carbocycles. The van der Waals surface area contributed by atoms with Gasteiger partial charge >= 0.3 is 17.9 Å². The first kappa shape index (κ1) is 21.1. The molecule has 0 rings (SSSR count). The monoisotopic (exact) mass is 298 g/mol. The third kappa shape index (κ3) is 14.0. The summed E-state index contributed by atoms with van der Waals surface area (Å²) < 4.78 is 8.88. The SMILES string of the molecule is C=C(C)C(=O)OCCC(C)O.C=CC(=O)OC(=O)C(=C)C. The van der Waals surface area contributed by atoms with E-state index in [0.717, 1.165) is 6.08 Å². The summed E-state index contributed by atoms with van der Waals surface area (Å²) in [5.74, 6) is -1.87. The fourth-order valence-corrected chi connectivity index (χ4v) is 0.666. The highest BCUT2D eigenvalue weighted by Gasteiger charge is 2.06. The molecular formula is C15H22O6. The second kappa shape index (κ2) is 11.6. The van der Waals surface area contributed by atoms with Crippen LogP contribution >= 0.6 is 0 Å².